The second kappa shape index (κ2) is 10.3. The molecule has 2 aromatic rings. The highest BCUT2D eigenvalue weighted by molar-refractivity contribution is 9.10. The minimum Gasteiger partial charge on any atom is -0.354 e. The molecule has 2 rings (SSSR count). The van der Waals surface area contributed by atoms with Crippen molar-refractivity contribution in [3.05, 3.63) is 28.4 Å². The summed E-state index contributed by atoms with van der Waals surface area (Å²) in [7, 11) is -3.45. The number of hydrogen-bond donors (Lipinski definition) is 4. The first-order valence-corrected chi connectivity index (χ1v) is 11.3. The first kappa shape index (κ1) is 22.7. The Kier molecular flexibility index (Phi) is 8.62. The SMILES string of the molecule is CCCCCC(S)CCNc1ncc2cc(Br)c(C(F)(F)P(O)O)cc2n1. The Hall–Kier alpha value is -0.600. The number of fused-ring (bicyclic) bond motifs is 1. The second-order valence-electron chi connectivity index (χ2n) is 6.28. The monoisotopic (exact) mass is 481 g/mol. The van der Waals surface area contributed by atoms with Gasteiger partial charge < -0.3 is 15.1 Å². The lowest BCUT2D eigenvalue weighted by molar-refractivity contribution is 0.0726. The van der Waals surface area contributed by atoms with Gasteiger partial charge in [-0.15, -0.1) is 0 Å². The van der Waals surface area contributed by atoms with E-state index in [1.807, 2.05) is 0 Å². The molecule has 3 N–H and O–H groups in total. The molecule has 0 saturated heterocycles. The van der Waals surface area contributed by atoms with Crippen LogP contribution < -0.4 is 5.32 Å². The van der Waals surface area contributed by atoms with E-state index >= 15 is 0 Å². The van der Waals surface area contributed by atoms with Crippen molar-refractivity contribution in [3.8, 4) is 0 Å². The molecule has 1 aromatic carbocycles. The molecule has 1 aromatic heterocycles. The molecule has 1 heterocycles. The first-order valence-electron chi connectivity index (χ1n) is 8.70. The van der Waals surface area contributed by atoms with Crippen molar-refractivity contribution in [2.45, 2.75) is 49.9 Å². The molecule has 1 atom stereocenters. The van der Waals surface area contributed by atoms with Gasteiger partial charge in [-0.1, -0.05) is 42.1 Å². The fraction of sp³-hybridized carbons (Fsp3) is 0.529. The van der Waals surface area contributed by atoms with Crippen molar-refractivity contribution in [1.29, 1.82) is 0 Å². The summed E-state index contributed by atoms with van der Waals surface area (Å²) in [6, 6.07) is 2.60. The zero-order valence-electron chi connectivity index (χ0n) is 14.9. The summed E-state index contributed by atoms with van der Waals surface area (Å²) in [5.41, 5.74) is -3.96. The van der Waals surface area contributed by atoms with E-state index in [1.54, 1.807) is 0 Å². The molecule has 0 saturated carbocycles. The molecular weight excluding hydrogens is 459 g/mol. The van der Waals surface area contributed by atoms with Crippen molar-refractivity contribution in [1.82, 2.24) is 9.97 Å². The van der Waals surface area contributed by atoms with Crippen LogP contribution in [0.4, 0.5) is 14.7 Å². The number of halogens is 3. The number of aromatic nitrogens is 2. The zero-order valence-corrected chi connectivity index (χ0v) is 18.2. The van der Waals surface area contributed by atoms with Crippen LogP contribution >= 0.6 is 36.9 Å². The minimum atomic E-state index is -3.75. The van der Waals surface area contributed by atoms with Crippen LogP contribution in [0.15, 0.2) is 22.8 Å². The molecule has 0 aliphatic rings. The molecule has 10 heteroatoms. The minimum absolute atomic E-state index is 0.0740. The Morgan fingerprint density at radius 2 is 2.04 bits per heavy atom. The average molecular weight is 482 g/mol. The van der Waals surface area contributed by atoms with E-state index in [0.29, 0.717) is 28.6 Å². The van der Waals surface area contributed by atoms with E-state index in [4.69, 9.17) is 9.79 Å². The average Bonchev–Trinajstić information content (AvgIpc) is 2.61. The standard InChI is InChI=1S/C17H23BrF2N3O2PS/c1-2-3-4-5-12(27)6-7-21-16-22-10-11-8-14(18)13(9-15(11)23-16)17(19,20)26(24)25/h8-10,12,24-25,27H,2-7H2,1H3,(H,21,22,23). The van der Waals surface area contributed by atoms with Crippen LogP contribution in [0.25, 0.3) is 10.9 Å². The number of rotatable bonds is 10. The van der Waals surface area contributed by atoms with Crippen LogP contribution in [0, 0.1) is 0 Å². The third kappa shape index (κ3) is 6.19. The smallest absolute Gasteiger partial charge is 0.340 e. The van der Waals surface area contributed by atoms with Gasteiger partial charge in [0.25, 0.3) is 0 Å². The first-order chi connectivity index (χ1) is 12.8. The number of unbranched alkanes of at least 4 members (excludes halogenated alkanes) is 2. The van der Waals surface area contributed by atoms with Crippen LogP contribution in [0.3, 0.4) is 0 Å². The van der Waals surface area contributed by atoms with Gasteiger partial charge >= 0.3 is 5.66 Å². The summed E-state index contributed by atoms with van der Waals surface area (Å²) in [6.07, 6.45) is 6.96. The van der Waals surface area contributed by atoms with Gasteiger partial charge in [0, 0.05) is 33.4 Å². The van der Waals surface area contributed by atoms with Crippen LogP contribution in [0.5, 0.6) is 0 Å². The highest BCUT2D eigenvalue weighted by atomic mass is 79.9. The largest absolute Gasteiger partial charge is 0.354 e. The molecule has 0 radical (unpaired) electrons. The molecule has 1 unspecified atom stereocenters. The van der Waals surface area contributed by atoms with Gasteiger partial charge in [-0.3, -0.25) is 0 Å². The molecule has 0 amide bonds. The van der Waals surface area contributed by atoms with Gasteiger partial charge in [-0.25, -0.2) is 9.97 Å². The summed E-state index contributed by atoms with van der Waals surface area (Å²) in [5.74, 6) is 0.337. The lowest BCUT2D eigenvalue weighted by atomic mass is 10.1. The molecule has 5 nitrogen and oxygen atoms in total. The van der Waals surface area contributed by atoms with Crippen molar-refractivity contribution in [3.63, 3.8) is 0 Å². The van der Waals surface area contributed by atoms with E-state index in [9.17, 15) is 8.78 Å². The highest BCUT2D eigenvalue weighted by Crippen LogP contribution is 2.54. The quantitative estimate of drug-likeness (QED) is 0.207. The van der Waals surface area contributed by atoms with E-state index in [2.05, 4.69) is 50.8 Å². The molecule has 0 fully saturated rings. The molecule has 0 aliphatic carbocycles. The number of hydrogen-bond acceptors (Lipinski definition) is 6. The Morgan fingerprint density at radius 1 is 1.30 bits per heavy atom. The third-order valence-electron chi connectivity index (χ3n) is 4.15. The molecular formula is C17H23BrF2N3O2PS. The lowest BCUT2D eigenvalue weighted by Gasteiger charge is -2.19. The van der Waals surface area contributed by atoms with Gasteiger partial charge in [-0.05, 0) is 25.0 Å². The van der Waals surface area contributed by atoms with Crippen LogP contribution in [-0.4, -0.2) is 31.5 Å². The van der Waals surface area contributed by atoms with Gasteiger partial charge in [0.15, 0.2) is 0 Å². The number of anilines is 1. The Balaban J connectivity index is 2.08. The summed E-state index contributed by atoms with van der Waals surface area (Å²) in [5, 5.41) is 3.95. The second-order valence-corrected chi connectivity index (χ2v) is 9.01. The molecule has 0 aliphatic heterocycles. The zero-order chi connectivity index (χ0) is 20.0. The fourth-order valence-electron chi connectivity index (χ4n) is 2.60. The van der Waals surface area contributed by atoms with Gasteiger partial charge in [-0.2, -0.15) is 21.4 Å². The number of benzene rings is 1. The third-order valence-corrected chi connectivity index (χ3v) is 6.06. The summed E-state index contributed by atoms with van der Waals surface area (Å²) >= 11 is 7.62. The maximum Gasteiger partial charge on any atom is 0.340 e. The molecule has 150 valence electrons. The molecule has 0 bridgehead atoms. The van der Waals surface area contributed by atoms with E-state index in [0.717, 1.165) is 25.3 Å². The van der Waals surface area contributed by atoms with Crippen molar-refractivity contribution in [2.75, 3.05) is 11.9 Å². The summed E-state index contributed by atoms with van der Waals surface area (Å²) < 4.78 is 28.1. The Morgan fingerprint density at radius 3 is 2.70 bits per heavy atom. The summed E-state index contributed by atoms with van der Waals surface area (Å²) in [4.78, 5) is 26.5. The maximum atomic E-state index is 14.0. The predicted molar refractivity (Wildman–Crippen MR) is 113 cm³/mol. The number of nitrogens with zero attached hydrogens (tertiary/aromatic N) is 2. The van der Waals surface area contributed by atoms with Crippen molar-refractivity contribution >= 4 is 53.8 Å². The number of thiol groups is 1. The molecule has 0 spiro atoms. The number of nitrogens with one attached hydrogen (secondary N) is 1. The topological polar surface area (TPSA) is 78.3 Å². The highest BCUT2D eigenvalue weighted by Gasteiger charge is 2.42. The molecule has 27 heavy (non-hydrogen) atoms. The fourth-order valence-corrected chi connectivity index (χ4v) is 4.07. The van der Waals surface area contributed by atoms with Gasteiger partial charge in [0.2, 0.25) is 14.3 Å². The van der Waals surface area contributed by atoms with Crippen molar-refractivity contribution in [2.24, 2.45) is 0 Å². The van der Waals surface area contributed by atoms with Gasteiger partial charge in [0.05, 0.1) is 5.52 Å². The van der Waals surface area contributed by atoms with Crippen LogP contribution in [0.2, 0.25) is 0 Å². The van der Waals surface area contributed by atoms with E-state index < -0.39 is 19.6 Å². The van der Waals surface area contributed by atoms with Crippen LogP contribution in [0.1, 0.15) is 44.6 Å². The Bertz CT molecular complexity index is 770. The predicted octanol–water partition coefficient (Wildman–Crippen LogP) is 5.42. The van der Waals surface area contributed by atoms with Gasteiger partial charge in [0.1, 0.15) is 0 Å². The van der Waals surface area contributed by atoms with Crippen LogP contribution in [-0.2, 0) is 5.66 Å². The maximum absolute atomic E-state index is 14.0. The lowest BCUT2D eigenvalue weighted by Crippen LogP contribution is -2.13. The number of alkyl halides is 2. The summed E-state index contributed by atoms with van der Waals surface area (Å²) in [6.45, 7) is 2.79. The van der Waals surface area contributed by atoms with E-state index in [1.165, 1.54) is 25.1 Å². The van der Waals surface area contributed by atoms with Crippen molar-refractivity contribution < 1.29 is 18.6 Å². The van der Waals surface area contributed by atoms with E-state index in [-0.39, 0.29) is 4.47 Å². The normalized spacial score (nSPS) is 13.3. The Labute approximate surface area is 172 Å².